The first-order valence-electron chi connectivity index (χ1n) is 12.3. The van der Waals surface area contributed by atoms with Gasteiger partial charge in [0.05, 0.1) is 12.2 Å². The summed E-state index contributed by atoms with van der Waals surface area (Å²) >= 11 is 0. The van der Waals surface area contributed by atoms with Gasteiger partial charge >= 0.3 is 12.0 Å². The largest absolute Gasteiger partial charge is 0.490 e. The van der Waals surface area contributed by atoms with Crippen LogP contribution in [0, 0.1) is 18.8 Å². The van der Waals surface area contributed by atoms with Crippen molar-refractivity contribution in [1.29, 1.82) is 0 Å². The maximum atomic E-state index is 13.3. The Balaban J connectivity index is 1.40. The maximum absolute atomic E-state index is 13.3. The number of imide groups is 2. The topological polar surface area (TPSA) is 102 Å². The molecule has 1 heterocycles. The van der Waals surface area contributed by atoms with E-state index in [0.717, 1.165) is 31.2 Å². The minimum absolute atomic E-state index is 0.107. The maximum Gasteiger partial charge on any atom is 0.343 e. The van der Waals surface area contributed by atoms with Crippen LogP contribution in [0.15, 0.2) is 48.0 Å². The minimum Gasteiger partial charge on any atom is -0.490 e. The van der Waals surface area contributed by atoms with Crippen molar-refractivity contribution in [3.63, 3.8) is 0 Å². The minimum atomic E-state index is -0.725. The number of esters is 1. The van der Waals surface area contributed by atoms with Crippen molar-refractivity contribution in [1.82, 2.24) is 10.2 Å². The molecular formula is C28H28N2O6. The van der Waals surface area contributed by atoms with Gasteiger partial charge in [0.2, 0.25) is 0 Å². The lowest BCUT2D eigenvalue weighted by Gasteiger charge is -2.35. The molecule has 1 N–H and O–H groups in total. The molecule has 1 saturated heterocycles. The molecule has 2 aromatic rings. The zero-order valence-electron chi connectivity index (χ0n) is 20.3. The number of fused-ring (bicyclic) bond motifs is 2. The Morgan fingerprint density at radius 1 is 1.06 bits per heavy atom. The van der Waals surface area contributed by atoms with Gasteiger partial charge < -0.3 is 9.47 Å². The van der Waals surface area contributed by atoms with Gasteiger partial charge in [-0.25, -0.2) is 9.59 Å². The second kappa shape index (κ2) is 9.60. The van der Waals surface area contributed by atoms with E-state index in [1.165, 1.54) is 11.0 Å². The van der Waals surface area contributed by atoms with Crippen molar-refractivity contribution < 1.29 is 28.7 Å². The Morgan fingerprint density at radius 2 is 1.83 bits per heavy atom. The van der Waals surface area contributed by atoms with E-state index < -0.39 is 23.8 Å². The van der Waals surface area contributed by atoms with Crippen molar-refractivity contribution >= 4 is 29.9 Å². The summed E-state index contributed by atoms with van der Waals surface area (Å²) in [6.45, 7) is 4.05. The molecule has 2 aromatic carbocycles. The first kappa shape index (κ1) is 23.8. The Hall–Kier alpha value is -3.94. The van der Waals surface area contributed by atoms with Crippen molar-refractivity contribution in [3.8, 4) is 11.5 Å². The van der Waals surface area contributed by atoms with Crippen LogP contribution in [0.5, 0.6) is 11.5 Å². The zero-order chi connectivity index (χ0) is 25.4. The highest BCUT2D eigenvalue weighted by Gasteiger charge is 2.49. The van der Waals surface area contributed by atoms with Crippen LogP contribution in [-0.4, -0.2) is 41.4 Å². The molecule has 186 valence electrons. The summed E-state index contributed by atoms with van der Waals surface area (Å²) in [5, 5.41) is 2.32. The monoisotopic (exact) mass is 488 g/mol. The molecule has 2 saturated carbocycles. The number of hydrogen-bond donors (Lipinski definition) is 1. The summed E-state index contributed by atoms with van der Waals surface area (Å²) in [7, 11) is 0. The van der Waals surface area contributed by atoms with Gasteiger partial charge in [-0.1, -0.05) is 30.2 Å². The Morgan fingerprint density at radius 3 is 2.50 bits per heavy atom. The van der Waals surface area contributed by atoms with Crippen molar-refractivity contribution in [3.05, 3.63) is 64.7 Å². The SMILES string of the molecule is CCOc1cc(/C=C2\C(=O)NC(=O)N([C@@H]3C[C@H]4CC[C@H]3C4)C2=O)ccc1OC(=O)c1ccc(C)cc1. The lowest BCUT2D eigenvalue weighted by atomic mass is 9.93. The molecule has 2 aliphatic carbocycles. The first-order valence-corrected chi connectivity index (χ1v) is 12.3. The molecule has 8 nitrogen and oxygen atoms in total. The van der Waals surface area contributed by atoms with Gasteiger partial charge in [-0.2, -0.15) is 0 Å². The van der Waals surface area contributed by atoms with Crippen LogP contribution < -0.4 is 14.8 Å². The fourth-order valence-corrected chi connectivity index (χ4v) is 5.48. The molecule has 0 unspecified atom stereocenters. The lowest BCUT2D eigenvalue weighted by molar-refractivity contribution is -0.132. The molecule has 0 spiro atoms. The number of urea groups is 1. The fraction of sp³-hybridized carbons (Fsp3) is 0.357. The van der Waals surface area contributed by atoms with Crippen LogP contribution in [0.1, 0.15) is 54.1 Å². The molecule has 36 heavy (non-hydrogen) atoms. The van der Waals surface area contributed by atoms with Gasteiger partial charge in [0.1, 0.15) is 5.57 Å². The van der Waals surface area contributed by atoms with E-state index >= 15 is 0 Å². The third-order valence-electron chi connectivity index (χ3n) is 7.23. The number of benzene rings is 2. The Kier molecular flexibility index (Phi) is 6.35. The number of nitrogens with one attached hydrogen (secondary N) is 1. The molecule has 8 heteroatoms. The predicted octanol–water partition coefficient (Wildman–Crippen LogP) is 4.26. The highest BCUT2D eigenvalue weighted by Crippen LogP contribution is 2.47. The van der Waals surface area contributed by atoms with Gasteiger partial charge in [0, 0.05) is 6.04 Å². The van der Waals surface area contributed by atoms with Gasteiger partial charge in [0.15, 0.2) is 11.5 Å². The number of carbonyl (C=O) groups is 4. The molecule has 2 bridgehead atoms. The number of hydrogen-bond acceptors (Lipinski definition) is 6. The van der Waals surface area contributed by atoms with Crippen LogP contribution in [0.3, 0.4) is 0 Å². The van der Waals surface area contributed by atoms with Crippen LogP contribution in [-0.2, 0) is 9.59 Å². The molecule has 5 rings (SSSR count). The number of carbonyl (C=O) groups excluding carboxylic acids is 4. The van der Waals surface area contributed by atoms with E-state index in [1.807, 2.05) is 19.1 Å². The number of aryl methyl sites for hydroxylation is 1. The van der Waals surface area contributed by atoms with Crippen molar-refractivity contribution in [2.24, 2.45) is 11.8 Å². The average Bonchev–Trinajstić information content (AvgIpc) is 3.47. The molecule has 3 atom stereocenters. The summed E-state index contributed by atoms with van der Waals surface area (Å²) in [5.41, 5.74) is 1.84. The Labute approximate surface area is 209 Å². The zero-order valence-corrected chi connectivity index (χ0v) is 20.3. The van der Waals surface area contributed by atoms with Gasteiger partial charge in [-0.15, -0.1) is 0 Å². The molecular weight excluding hydrogens is 460 g/mol. The third kappa shape index (κ3) is 4.51. The number of barbiturate groups is 1. The Bertz CT molecular complexity index is 1270. The summed E-state index contributed by atoms with van der Waals surface area (Å²) < 4.78 is 11.2. The van der Waals surface area contributed by atoms with E-state index in [0.29, 0.717) is 35.3 Å². The number of nitrogens with zero attached hydrogens (tertiary/aromatic N) is 1. The van der Waals surface area contributed by atoms with Crippen molar-refractivity contribution in [2.45, 2.75) is 45.6 Å². The average molecular weight is 489 g/mol. The third-order valence-corrected chi connectivity index (χ3v) is 7.23. The summed E-state index contributed by atoms with van der Waals surface area (Å²) in [6.07, 6.45) is 5.39. The van der Waals surface area contributed by atoms with E-state index in [2.05, 4.69) is 5.32 Å². The second-order valence-electron chi connectivity index (χ2n) is 9.63. The van der Waals surface area contributed by atoms with Crippen LogP contribution in [0.4, 0.5) is 4.79 Å². The molecule has 3 fully saturated rings. The van der Waals surface area contributed by atoms with E-state index in [-0.39, 0.29) is 17.4 Å². The first-order chi connectivity index (χ1) is 17.3. The van der Waals surface area contributed by atoms with Gasteiger partial charge in [0.25, 0.3) is 11.8 Å². The normalized spacial score (nSPS) is 24.3. The molecule has 1 aliphatic heterocycles. The highest BCUT2D eigenvalue weighted by molar-refractivity contribution is 6.31. The quantitative estimate of drug-likeness (QED) is 0.282. The predicted molar refractivity (Wildman–Crippen MR) is 131 cm³/mol. The van der Waals surface area contributed by atoms with E-state index in [1.54, 1.807) is 37.3 Å². The second-order valence-corrected chi connectivity index (χ2v) is 9.63. The molecule has 4 amide bonds. The molecule has 0 aromatic heterocycles. The smallest absolute Gasteiger partial charge is 0.343 e. The van der Waals surface area contributed by atoms with E-state index in [4.69, 9.17) is 9.47 Å². The van der Waals surface area contributed by atoms with Crippen LogP contribution >= 0.6 is 0 Å². The van der Waals surface area contributed by atoms with E-state index in [9.17, 15) is 19.2 Å². The van der Waals surface area contributed by atoms with Gasteiger partial charge in [-0.3, -0.25) is 19.8 Å². The molecule has 3 aliphatic rings. The van der Waals surface area contributed by atoms with Gasteiger partial charge in [-0.05, 0) is 80.9 Å². The number of rotatable bonds is 6. The van der Waals surface area contributed by atoms with Crippen LogP contribution in [0.2, 0.25) is 0 Å². The number of amides is 4. The van der Waals surface area contributed by atoms with Crippen LogP contribution in [0.25, 0.3) is 6.08 Å². The summed E-state index contributed by atoms with van der Waals surface area (Å²) in [5.74, 6) is -0.462. The standard InChI is InChI=1S/C28H28N2O6/c1-3-35-24-15-18(7-11-23(24)36-27(33)19-8-4-16(2)5-9-19)13-21-25(31)29-28(34)30(26(21)32)22-14-17-6-10-20(22)12-17/h4-5,7-9,11,13,15,17,20,22H,3,6,10,12,14H2,1-2H3,(H,29,31,34)/b21-13+/t17-,20-,22+/m0/s1. The highest BCUT2D eigenvalue weighted by atomic mass is 16.6. The number of ether oxygens (including phenoxy) is 2. The molecule has 0 radical (unpaired) electrons. The lowest BCUT2D eigenvalue weighted by Crippen LogP contribution is -2.58. The summed E-state index contributed by atoms with van der Waals surface area (Å²) in [6, 6.07) is 11.0. The van der Waals surface area contributed by atoms with Crippen molar-refractivity contribution in [2.75, 3.05) is 6.61 Å². The summed E-state index contributed by atoms with van der Waals surface area (Å²) in [4.78, 5) is 52.3. The fourth-order valence-electron chi connectivity index (χ4n) is 5.48.